The lowest BCUT2D eigenvalue weighted by molar-refractivity contribution is -0.145. The molecule has 0 radical (unpaired) electrons. The normalized spacial score (nSPS) is 26.9. The molecule has 1 saturated heterocycles. The second-order valence-corrected chi connectivity index (χ2v) is 6.50. The van der Waals surface area contributed by atoms with Crippen LogP contribution in [0.2, 0.25) is 5.02 Å². The van der Waals surface area contributed by atoms with Crippen molar-refractivity contribution in [3.8, 4) is 0 Å². The van der Waals surface area contributed by atoms with Crippen molar-refractivity contribution in [1.82, 2.24) is 0 Å². The third kappa shape index (κ3) is 2.81. The zero-order valence-electron chi connectivity index (χ0n) is 11.3. The van der Waals surface area contributed by atoms with Crippen molar-refractivity contribution < 1.29 is 4.74 Å². The van der Waals surface area contributed by atoms with Crippen molar-refractivity contribution in [3.05, 3.63) is 34.9 Å². The van der Waals surface area contributed by atoms with E-state index in [1.807, 2.05) is 18.2 Å². The molecular formula is C16H22ClNO. The van der Waals surface area contributed by atoms with E-state index in [0.29, 0.717) is 5.92 Å². The molecule has 2 atom stereocenters. The molecule has 2 aliphatic rings. The summed E-state index contributed by atoms with van der Waals surface area (Å²) in [5.41, 5.74) is 7.79. The molecule has 104 valence electrons. The number of rotatable bonds is 3. The molecule has 2 nitrogen and oxygen atoms in total. The third-order valence-corrected chi connectivity index (χ3v) is 5.18. The molecule has 3 rings (SSSR count). The number of hydrogen-bond donors (Lipinski definition) is 1. The van der Waals surface area contributed by atoms with Crippen molar-refractivity contribution in [3.63, 3.8) is 0 Å². The van der Waals surface area contributed by atoms with E-state index in [9.17, 15) is 0 Å². The van der Waals surface area contributed by atoms with Crippen LogP contribution in [0, 0.1) is 5.92 Å². The van der Waals surface area contributed by atoms with Gasteiger partial charge in [-0.25, -0.2) is 0 Å². The number of nitrogens with two attached hydrogens (primary N) is 1. The Hall–Kier alpha value is -0.570. The first kappa shape index (κ1) is 13.4. The second kappa shape index (κ2) is 5.43. The Morgan fingerprint density at radius 3 is 2.84 bits per heavy atom. The minimum absolute atomic E-state index is 0.182. The largest absolute Gasteiger partial charge is 0.375 e. The first-order chi connectivity index (χ1) is 9.19. The summed E-state index contributed by atoms with van der Waals surface area (Å²) in [6, 6.07) is 8.23. The van der Waals surface area contributed by atoms with Gasteiger partial charge in [0.2, 0.25) is 0 Å². The molecular weight excluding hydrogens is 258 g/mol. The van der Waals surface area contributed by atoms with E-state index in [1.54, 1.807) is 0 Å². The van der Waals surface area contributed by atoms with Gasteiger partial charge in [-0.15, -0.1) is 0 Å². The average molecular weight is 280 g/mol. The molecule has 1 heterocycles. The van der Waals surface area contributed by atoms with Crippen LogP contribution in [0.3, 0.4) is 0 Å². The number of hydrogen-bond acceptors (Lipinski definition) is 2. The molecule has 3 heteroatoms. The van der Waals surface area contributed by atoms with E-state index in [1.165, 1.54) is 24.8 Å². The Morgan fingerprint density at radius 2 is 2.16 bits per heavy atom. The van der Waals surface area contributed by atoms with Crippen LogP contribution in [0.1, 0.15) is 37.7 Å². The number of benzene rings is 1. The minimum atomic E-state index is 0.182. The molecule has 1 aromatic rings. The smallest absolute Gasteiger partial charge is 0.0685 e. The SMILES string of the molecule is NC(Cc1ccccc1Cl)C1CCOC2(CCC2)C1. The van der Waals surface area contributed by atoms with Crippen molar-refractivity contribution in [2.45, 2.75) is 50.2 Å². The zero-order chi connectivity index (χ0) is 13.3. The summed E-state index contributed by atoms with van der Waals surface area (Å²) in [5.74, 6) is 0.574. The fourth-order valence-electron chi connectivity index (χ4n) is 3.44. The maximum Gasteiger partial charge on any atom is 0.0685 e. The van der Waals surface area contributed by atoms with Gasteiger partial charge in [-0.1, -0.05) is 29.8 Å². The van der Waals surface area contributed by atoms with Crippen LogP contribution >= 0.6 is 11.6 Å². The van der Waals surface area contributed by atoms with Gasteiger partial charge in [0.25, 0.3) is 0 Å². The van der Waals surface area contributed by atoms with Gasteiger partial charge in [-0.2, -0.15) is 0 Å². The highest BCUT2D eigenvalue weighted by Gasteiger charge is 2.43. The quantitative estimate of drug-likeness (QED) is 0.918. The van der Waals surface area contributed by atoms with Crippen LogP contribution in [0.25, 0.3) is 0 Å². The van der Waals surface area contributed by atoms with Crippen LogP contribution in [-0.4, -0.2) is 18.2 Å². The lowest BCUT2D eigenvalue weighted by atomic mass is 9.70. The van der Waals surface area contributed by atoms with Crippen LogP contribution in [-0.2, 0) is 11.2 Å². The van der Waals surface area contributed by atoms with E-state index in [2.05, 4.69) is 6.07 Å². The Morgan fingerprint density at radius 1 is 1.37 bits per heavy atom. The van der Waals surface area contributed by atoms with Crippen LogP contribution < -0.4 is 5.73 Å². The molecule has 2 N–H and O–H groups in total. The molecule has 2 unspecified atom stereocenters. The lowest BCUT2D eigenvalue weighted by Crippen LogP contribution is -2.49. The van der Waals surface area contributed by atoms with E-state index < -0.39 is 0 Å². The summed E-state index contributed by atoms with van der Waals surface area (Å²) < 4.78 is 5.97. The highest BCUT2D eigenvalue weighted by molar-refractivity contribution is 6.31. The van der Waals surface area contributed by atoms with Gasteiger partial charge in [-0.05, 0) is 56.1 Å². The topological polar surface area (TPSA) is 35.2 Å². The Bertz CT molecular complexity index is 444. The predicted octanol–water partition coefficient (Wildman–Crippen LogP) is 3.56. The molecule has 1 aliphatic heterocycles. The summed E-state index contributed by atoms with van der Waals surface area (Å²) >= 11 is 6.22. The van der Waals surface area contributed by atoms with Crippen LogP contribution in [0.15, 0.2) is 24.3 Å². The zero-order valence-corrected chi connectivity index (χ0v) is 12.0. The van der Waals surface area contributed by atoms with E-state index in [-0.39, 0.29) is 11.6 Å². The first-order valence-corrected chi connectivity index (χ1v) is 7.69. The third-order valence-electron chi connectivity index (χ3n) is 4.81. The lowest BCUT2D eigenvalue weighted by Gasteiger charge is -2.48. The standard InChI is InChI=1S/C16H22ClNO/c17-14-5-2-1-4-12(14)10-15(18)13-6-9-19-16(11-13)7-3-8-16/h1-2,4-5,13,15H,3,6-11,18H2. The van der Waals surface area contributed by atoms with E-state index in [0.717, 1.165) is 30.9 Å². The van der Waals surface area contributed by atoms with Gasteiger partial charge in [0.1, 0.15) is 0 Å². The average Bonchev–Trinajstić information content (AvgIpc) is 2.40. The van der Waals surface area contributed by atoms with Crippen LogP contribution in [0.5, 0.6) is 0 Å². The Kier molecular flexibility index (Phi) is 3.84. The maximum atomic E-state index is 6.44. The molecule has 19 heavy (non-hydrogen) atoms. The fourth-order valence-corrected chi connectivity index (χ4v) is 3.65. The molecule has 2 fully saturated rings. The molecule has 0 amide bonds. The monoisotopic (exact) mass is 279 g/mol. The maximum absolute atomic E-state index is 6.44. The van der Waals surface area contributed by atoms with E-state index >= 15 is 0 Å². The van der Waals surface area contributed by atoms with Crippen molar-refractivity contribution in [2.75, 3.05) is 6.61 Å². The highest BCUT2D eigenvalue weighted by Crippen LogP contribution is 2.45. The highest BCUT2D eigenvalue weighted by atomic mass is 35.5. The minimum Gasteiger partial charge on any atom is -0.375 e. The molecule has 0 aromatic heterocycles. The van der Waals surface area contributed by atoms with Crippen molar-refractivity contribution >= 4 is 11.6 Å². The number of ether oxygens (including phenoxy) is 1. The summed E-state index contributed by atoms with van der Waals surface area (Å²) in [4.78, 5) is 0. The predicted molar refractivity (Wildman–Crippen MR) is 78.4 cm³/mol. The molecule has 1 aromatic carbocycles. The van der Waals surface area contributed by atoms with E-state index in [4.69, 9.17) is 22.1 Å². The van der Waals surface area contributed by atoms with Gasteiger partial charge in [-0.3, -0.25) is 0 Å². The number of halogens is 1. The molecule has 1 spiro atoms. The molecule has 1 aliphatic carbocycles. The summed E-state index contributed by atoms with van der Waals surface area (Å²) in [5, 5.41) is 0.836. The Labute approximate surface area is 120 Å². The Balaban J connectivity index is 1.64. The molecule has 0 bridgehead atoms. The first-order valence-electron chi connectivity index (χ1n) is 7.31. The van der Waals surface area contributed by atoms with Gasteiger partial charge in [0, 0.05) is 17.7 Å². The van der Waals surface area contributed by atoms with Crippen LogP contribution in [0.4, 0.5) is 0 Å². The summed E-state index contributed by atoms with van der Waals surface area (Å²) in [6.07, 6.45) is 6.86. The summed E-state index contributed by atoms with van der Waals surface area (Å²) in [6.45, 7) is 0.876. The van der Waals surface area contributed by atoms with Crippen molar-refractivity contribution in [1.29, 1.82) is 0 Å². The van der Waals surface area contributed by atoms with Gasteiger partial charge in [0.15, 0.2) is 0 Å². The second-order valence-electron chi connectivity index (χ2n) is 6.10. The summed E-state index contributed by atoms with van der Waals surface area (Å²) in [7, 11) is 0. The van der Waals surface area contributed by atoms with Gasteiger partial charge < -0.3 is 10.5 Å². The van der Waals surface area contributed by atoms with Gasteiger partial charge >= 0.3 is 0 Å². The van der Waals surface area contributed by atoms with Crippen molar-refractivity contribution in [2.24, 2.45) is 11.7 Å². The fraction of sp³-hybridized carbons (Fsp3) is 0.625. The molecule has 1 saturated carbocycles. The van der Waals surface area contributed by atoms with Gasteiger partial charge in [0.05, 0.1) is 5.60 Å².